The first-order chi connectivity index (χ1) is 12.1. The van der Waals surface area contributed by atoms with E-state index < -0.39 is 12.1 Å². The van der Waals surface area contributed by atoms with Crippen molar-refractivity contribution in [2.75, 3.05) is 18.5 Å². The molecule has 0 bridgehead atoms. The number of para-hydroxylation sites is 1. The van der Waals surface area contributed by atoms with Crippen molar-refractivity contribution in [2.24, 2.45) is 5.73 Å². The van der Waals surface area contributed by atoms with Crippen LogP contribution in [0.5, 0.6) is 0 Å². The van der Waals surface area contributed by atoms with Gasteiger partial charge in [-0.15, -0.1) is 0 Å². The number of carbonyl (C=O) groups excluding carboxylic acids is 2. The van der Waals surface area contributed by atoms with E-state index in [2.05, 4.69) is 0 Å². The number of carbonyl (C=O) groups is 2. The van der Waals surface area contributed by atoms with E-state index >= 15 is 0 Å². The van der Waals surface area contributed by atoms with Crippen LogP contribution in [0, 0.1) is 0 Å². The highest BCUT2D eigenvalue weighted by molar-refractivity contribution is 6.00. The van der Waals surface area contributed by atoms with Crippen LogP contribution in [0.25, 0.3) is 0 Å². The summed E-state index contributed by atoms with van der Waals surface area (Å²) < 4.78 is 0. The molecule has 25 heavy (non-hydrogen) atoms. The average Bonchev–Trinajstić information content (AvgIpc) is 2.68. The normalized spacial score (nSPS) is 18.7. The standard InChI is InChI=1S/C20H23N3O2/c1-22(20(25)18(21)15-9-4-2-5-10-15)17-13-8-14-23(19(17)24)16-11-6-3-7-12-16/h2-7,9-12,17-18H,8,13-14,21H2,1H3. The zero-order chi connectivity index (χ0) is 17.8. The van der Waals surface area contributed by atoms with E-state index in [-0.39, 0.29) is 11.8 Å². The number of likely N-dealkylation sites (N-methyl/N-ethyl adjacent to an activating group) is 1. The fourth-order valence-electron chi connectivity index (χ4n) is 3.26. The minimum atomic E-state index is -0.758. The van der Waals surface area contributed by atoms with E-state index in [1.165, 1.54) is 4.90 Å². The minimum absolute atomic E-state index is 0.0476. The summed E-state index contributed by atoms with van der Waals surface area (Å²) >= 11 is 0. The summed E-state index contributed by atoms with van der Waals surface area (Å²) in [4.78, 5) is 28.9. The van der Waals surface area contributed by atoms with Crippen LogP contribution >= 0.6 is 0 Å². The molecule has 2 amide bonds. The molecule has 1 heterocycles. The van der Waals surface area contributed by atoms with Gasteiger partial charge in [0.05, 0.1) is 0 Å². The number of anilines is 1. The third-order valence-electron chi connectivity index (χ3n) is 4.72. The maximum absolute atomic E-state index is 12.9. The molecule has 2 unspecified atom stereocenters. The Kier molecular flexibility index (Phi) is 5.14. The molecule has 0 aromatic heterocycles. The van der Waals surface area contributed by atoms with E-state index in [9.17, 15) is 9.59 Å². The van der Waals surface area contributed by atoms with Gasteiger partial charge in [-0.05, 0) is 30.5 Å². The van der Waals surface area contributed by atoms with Gasteiger partial charge in [0, 0.05) is 19.3 Å². The summed E-state index contributed by atoms with van der Waals surface area (Å²) in [5.74, 6) is -0.284. The van der Waals surface area contributed by atoms with E-state index in [1.807, 2.05) is 60.7 Å². The molecule has 5 nitrogen and oxygen atoms in total. The molecular weight excluding hydrogens is 314 g/mol. The first-order valence-corrected chi connectivity index (χ1v) is 8.53. The van der Waals surface area contributed by atoms with Crippen molar-refractivity contribution in [3.63, 3.8) is 0 Å². The molecule has 1 fully saturated rings. The number of nitrogens with two attached hydrogens (primary N) is 1. The highest BCUT2D eigenvalue weighted by atomic mass is 16.2. The van der Waals surface area contributed by atoms with Crippen LogP contribution in [0.2, 0.25) is 0 Å². The summed E-state index contributed by atoms with van der Waals surface area (Å²) in [5.41, 5.74) is 7.74. The second kappa shape index (κ2) is 7.49. The monoisotopic (exact) mass is 337 g/mol. The van der Waals surface area contributed by atoms with Gasteiger partial charge in [-0.3, -0.25) is 9.59 Å². The Bertz CT molecular complexity index is 733. The SMILES string of the molecule is CN(C(=O)C(N)c1ccccc1)C1CCCN(c2ccccc2)C1=O. The lowest BCUT2D eigenvalue weighted by Gasteiger charge is -2.37. The molecule has 0 saturated carbocycles. The highest BCUT2D eigenvalue weighted by Crippen LogP contribution is 2.24. The molecule has 1 saturated heterocycles. The Morgan fingerprint density at radius 1 is 1.12 bits per heavy atom. The zero-order valence-electron chi connectivity index (χ0n) is 14.3. The van der Waals surface area contributed by atoms with Gasteiger partial charge < -0.3 is 15.5 Å². The van der Waals surface area contributed by atoms with Gasteiger partial charge in [-0.1, -0.05) is 48.5 Å². The van der Waals surface area contributed by atoms with Gasteiger partial charge in [0.2, 0.25) is 11.8 Å². The molecule has 1 aliphatic rings. The summed E-state index contributed by atoms with van der Waals surface area (Å²) in [5, 5.41) is 0. The fourth-order valence-corrected chi connectivity index (χ4v) is 3.26. The maximum atomic E-state index is 12.9. The molecule has 0 radical (unpaired) electrons. The predicted molar refractivity (Wildman–Crippen MR) is 98.0 cm³/mol. The van der Waals surface area contributed by atoms with Crippen molar-refractivity contribution in [3.05, 3.63) is 66.2 Å². The van der Waals surface area contributed by atoms with Crippen LogP contribution < -0.4 is 10.6 Å². The highest BCUT2D eigenvalue weighted by Gasteiger charge is 2.36. The molecular formula is C20H23N3O2. The molecule has 0 spiro atoms. The lowest BCUT2D eigenvalue weighted by Crippen LogP contribution is -2.54. The van der Waals surface area contributed by atoms with Gasteiger partial charge in [0.1, 0.15) is 12.1 Å². The molecule has 1 aliphatic heterocycles. The van der Waals surface area contributed by atoms with Crippen LogP contribution in [0.15, 0.2) is 60.7 Å². The van der Waals surface area contributed by atoms with Gasteiger partial charge in [0.25, 0.3) is 0 Å². The van der Waals surface area contributed by atoms with Crippen LogP contribution in [-0.2, 0) is 9.59 Å². The second-order valence-corrected chi connectivity index (χ2v) is 6.32. The molecule has 2 aromatic rings. The third kappa shape index (κ3) is 3.56. The van der Waals surface area contributed by atoms with Gasteiger partial charge in [-0.25, -0.2) is 0 Å². The molecule has 130 valence electrons. The lowest BCUT2D eigenvalue weighted by atomic mass is 10.0. The predicted octanol–water partition coefficient (Wildman–Crippen LogP) is 2.34. The van der Waals surface area contributed by atoms with E-state index in [0.717, 1.165) is 17.7 Å². The summed E-state index contributed by atoms with van der Waals surface area (Å²) in [6.07, 6.45) is 1.51. The average molecular weight is 337 g/mol. The van der Waals surface area contributed by atoms with Crippen LogP contribution in [0.3, 0.4) is 0 Å². The minimum Gasteiger partial charge on any atom is -0.332 e. The zero-order valence-corrected chi connectivity index (χ0v) is 14.3. The Labute approximate surface area is 148 Å². The van der Waals surface area contributed by atoms with Crippen molar-refractivity contribution in [1.82, 2.24) is 4.90 Å². The first-order valence-electron chi connectivity index (χ1n) is 8.53. The summed E-state index contributed by atoms with van der Waals surface area (Å²) in [6, 6.07) is 17.6. The Morgan fingerprint density at radius 2 is 1.72 bits per heavy atom. The van der Waals surface area contributed by atoms with Crippen LogP contribution in [0.1, 0.15) is 24.4 Å². The Hall–Kier alpha value is -2.66. The number of amides is 2. The number of hydrogen-bond donors (Lipinski definition) is 1. The largest absolute Gasteiger partial charge is 0.332 e. The Balaban J connectivity index is 1.76. The third-order valence-corrected chi connectivity index (χ3v) is 4.72. The number of nitrogens with zero attached hydrogens (tertiary/aromatic N) is 2. The van der Waals surface area contributed by atoms with E-state index in [4.69, 9.17) is 5.73 Å². The first kappa shape index (κ1) is 17.2. The van der Waals surface area contributed by atoms with Crippen molar-refractivity contribution >= 4 is 17.5 Å². The fraction of sp³-hybridized carbons (Fsp3) is 0.300. The van der Waals surface area contributed by atoms with Crippen molar-refractivity contribution in [1.29, 1.82) is 0 Å². The van der Waals surface area contributed by atoms with Gasteiger partial charge >= 0.3 is 0 Å². The quantitative estimate of drug-likeness (QED) is 0.931. The van der Waals surface area contributed by atoms with Crippen LogP contribution in [-0.4, -0.2) is 36.3 Å². The summed E-state index contributed by atoms with van der Waals surface area (Å²) in [7, 11) is 1.67. The molecule has 2 aromatic carbocycles. The smallest absolute Gasteiger partial charge is 0.249 e. The molecule has 0 aliphatic carbocycles. The molecule has 2 N–H and O–H groups in total. The summed E-state index contributed by atoms with van der Waals surface area (Å²) in [6.45, 7) is 0.673. The molecule has 3 rings (SSSR count). The maximum Gasteiger partial charge on any atom is 0.249 e. The van der Waals surface area contributed by atoms with Gasteiger partial charge in [-0.2, -0.15) is 0 Å². The number of hydrogen-bond acceptors (Lipinski definition) is 3. The van der Waals surface area contributed by atoms with Crippen molar-refractivity contribution < 1.29 is 9.59 Å². The van der Waals surface area contributed by atoms with Crippen molar-refractivity contribution in [3.8, 4) is 0 Å². The molecule has 5 heteroatoms. The van der Waals surface area contributed by atoms with E-state index in [1.54, 1.807) is 11.9 Å². The second-order valence-electron chi connectivity index (χ2n) is 6.32. The van der Waals surface area contributed by atoms with Crippen molar-refractivity contribution in [2.45, 2.75) is 24.9 Å². The number of rotatable bonds is 4. The number of piperidine rings is 1. The van der Waals surface area contributed by atoms with E-state index in [0.29, 0.717) is 13.0 Å². The van der Waals surface area contributed by atoms with Crippen LogP contribution in [0.4, 0.5) is 5.69 Å². The topological polar surface area (TPSA) is 66.6 Å². The lowest BCUT2D eigenvalue weighted by molar-refractivity contribution is -0.140. The number of benzene rings is 2. The molecule has 2 atom stereocenters. The Morgan fingerprint density at radius 3 is 2.36 bits per heavy atom. The van der Waals surface area contributed by atoms with Gasteiger partial charge in [0.15, 0.2) is 0 Å².